The summed E-state index contributed by atoms with van der Waals surface area (Å²) in [4.78, 5) is 0. The third-order valence-corrected chi connectivity index (χ3v) is 2.97. The zero-order valence-corrected chi connectivity index (χ0v) is 9.49. The number of ether oxygens (including phenoxy) is 1. The topological polar surface area (TPSA) is 45.0 Å². The van der Waals surface area contributed by atoms with Gasteiger partial charge in [-0.15, -0.1) is 0 Å². The zero-order valence-electron chi connectivity index (χ0n) is 9.49. The summed E-state index contributed by atoms with van der Waals surface area (Å²) >= 11 is 0. The van der Waals surface area contributed by atoms with Gasteiger partial charge in [0.1, 0.15) is 11.8 Å². The molecule has 0 aliphatic heterocycles. The number of para-hydroxylation sites is 1. The molecular formula is C13H16N2O. The third kappa shape index (κ3) is 2.74. The molecule has 2 rings (SSSR count). The van der Waals surface area contributed by atoms with Crippen molar-refractivity contribution < 1.29 is 4.74 Å². The maximum absolute atomic E-state index is 8.50. The normalized spacial score (nSPS) is 16.5. The van der Waals surface area contributed by atoms with E-state index < -0.39 is 0 Å². The van der Waals surface area contributed by atoms with Crippen molar-refractivity contribution in [3.63, 3.8) is 0 Å². The Morgan fingerprint density at radius 2 is 2.19 bits per heavy atom. The van der Waals surface area contributed by atoms with Crippen LogP contribution in [0.15, 0.2) is 24.3 Å². The Balaban J connectivity index is 1.98. The lowest BCUT2D eigenvalue weighted by Crippen LogP contribution is -2.27. The van der Waals surface area contributed by atoms with Gasteiger partial charge in [0.25, 0.3) is 0 Å². The molecule has 1 aromatic rings. The number of benzene rings is 1. The first kappa shape index (κ1) is 11.0. The molecule has 0 spiro atoms. The third-order valence-electron chi connectivity index (χ3n) is 2.97. The minimum atomic E-state index is 0.105. The van der Waals surface area contributed by atoms with Crippen LogP contribution in [0.2, 0.25) is 0 Å². The largest absolute Gasteiger partial charge is 0.478 e. The molecule has 0 saturated heterocycles. The van der Waals surface area contributed by atoms with Gasteiger partial charge in [0.15, 0.2) is 6.61 Å². The Labute approximate surface area is 96.0 Å². The summed E-state index contributed by atoms with van der Waals surface area (Å²) in [7, 11) is 0. The molecule has 0 amide bonds. The van der Waals surface area contributed by atoms with Crippen LogP contribution < -0.4 is 10.1 Å². The number of hydrogen-bond acceptors (Lipinski definition) is 3. The highest BCUT2D eigenvalue weighted by molar-refractivity contribution is 5.33. The Bertz CT molecular complexity index is 405. The van der Waals surface area contributed by atoms with Gasteiger partial charge in [0, 0.05) is 17.6 Å². The first-order valence-corrected chi connectivity index (χ1v) is 5.56. The summed E-state index contributed by atoms with van der Waals surface area (Å²) in [5.41, 5.74) is 1.44. The molecule has 84 valence electrons. The highest BCUT2D eigenvalue weighted by Gasteiger charge is 2.36. The maximum atomic E-state index is 8.50. The highest BCUT2D eigenvalue weighted by Crippen LogP contribution is 2.35. The van der Waals surface area contributed by atoms with E-state index in [1.165, 1.54) is 12.8 Å². The van der Waals surface area contributed by atoms with Crippen molar-refractivity contribution in [1.29, 1.82) is 5.26 Å². The van der Waals surface area contributed by atoms with Crippen molar-refractivity contribution in [2.75, 3.05) is 6.61 Å². The molecule has 1 saturated carbocycles. The van der Waals surface area contributed by atoms with Crippen LogP contribution in [0.5, 0.6) is 5.75 Å². The van der Waals surface area contributed by atoms with Crippen LogP contribution in [0.4, 0.5) is 0 Å². The predicted octanol–water partition coefficient (Wildman–Crippen LogP) is 2.23. The first-order valence-electron chi connectivity index (χ1n) is 5.56. The summed E-state index contributed by atoms with van der Waals surface area (Å²) in [6.07, 6.45) is 2.49. The smallest absolute Gasteiger partial charge is 0.174 e. The Hall–Kier alpha value is -1.53. The molecule has 1 aliphatic carbocycles. The summed E-state index contributed by atoms with van der Waals surface area (Å²) in [6.45, 7) is 3.14. The molecule has 3 heteroatoms. The van der Waals surface area contributed by atoms with Crippen molar-refractivity contribution in [3.8, 4) is 11.8 Å². The first-order chi connectivity index (χ1) is 7.73. The van der Waals surface area contributed by atoms with Crippen molar-refractivity contribution >= 4 is 0 Å². The molecule has 3 nitrogen and oxygen atoms in total. The minimum absolute atomic E-state index is 0.105. The number of rotatable bonds is 5. The van der Waals surface area contributed by atoms with Crippen LogP contribution in [-0.4, -0.2) is 12.1 Å². The summed E-state index contributed by atoms with van der Waals surface area (Å²) in [5, 5.41) is 12.0. The lowest BCUT2D eigenvalue weighted by Gasteiger charge is -2.13. The van der Waals surface area contributed by atoms with E-state index in [0.717, 1.165) is 17.9 Å². The van der Waals surface area contributed by atoms with Crippen LogP contribution in [-0.2, 0) is 6.54 Å². The summed E-state index contributed by atoms with van der Waals surface area (Å²) < 4.78 is 5.37. The van der Waals surface area contributed by atoms with Gasteiger partial charge in [-0.3, -0.25) is 0 Å². The van der Waals surface area contributed by atoms with E-state index in [2.05, 4.69) is 12.2 Å². The number of hydrogen-bond donors (Lipinski definition) is 1. The molecule has 1 aliphatic rings. The van der Waals surface area contributed by atoms with Crippen molar-refractivity contribution in [1.82, 2.24) is 5.32 Å². The molecule has 0 radical (unpaired) electrons. The predicted molar refractivity (Wildman–Crippen MR) is 62.0 cm³/mol. The van der Waals surface area contributed by atoms with Gasteiger partial charge in [0.05, 0.1) is 0 Å². The number of nitriles is 1. The van der Waals surface area contributed by atoms with Gasteiger partial charge < -0.3 is 10.1 Å². The van der Waals surface area contributed by atoms with E-state index >= 15 is 0 Å². The fraction of sp³-hybridized carbons (Fsp3) is 0.462. The van der Waals surface area contributed by atoms with E-state index in [0.29, 0.717) is 5.54 Å². The van der Waals surface area contributed by atoms with Gasteiger partial charge in [-0.05, 0) is 25.8 Å². The Kier molecular flexibility index (Phi) is 3.12. The number of nitrogens with one attached hydrogen (secondary N) is 1. The van der Waals surface area contributed by atoms with Crippen LogP contribution in [0.3, 0.4) is 0 Å². The van der Waals surface area contributed by atoms with Crippen molar-refractivity contribution in [3.05, 3.63) is 29.8 Å². The Morgan fingerprint density at radius 3 is 2.88 bits per heavy atom. The minimum Gasteiger partial charge on any atom is -0.478 e. The standard InChI is InChI=1S/C13H16N2O/c1-13(6-7-13)15-10-11-4-2-3-5-12(11)16-9-8-14/h2-5,15H,6-7,9-10H2,1H3. The second kappa shape index (κ2) is 4.54. The molecule has 0 bridgehead atoms. The molecule has 1 N–H and O–H groups in total. The molecule has 16 heavy (non-hydrogen) atoms. The van der Waals surface area contributed by atoms with E-state index in [1.807, 2.05) is 30.3 Å². The molecule has 0 unspecified atom stereocenters. The molecule has 1 aromatic carbocycles. The second-order valence-electron chi connectivity index (χ2n) is 4.47. The molecule has 0 heterocycles. The Morgan fingerprint density at radius 1 is 1.44 bits per heavy atom. The maximum Gasteiger partial charge on any atom is 0.174 e. The summed E-state index contributed by atoms with van der Waals surface area (Å²) in [6, 6.07) is 9.84. The van der Waals surface area contributed by atoms with Crippen LogP contribution >= 0.6 is 0 Å². The monoisotopic (exact) mass is 216 g/mol. The van der Waals surface area contributed by atoms with Gasteiger partial charge in [0.2, 0.25) is 0 Å². The zero-order chi connectivity index (χ0) is 11.4. The van der Waals surface area contributed by atoms with Gasteiger partial charge in [-0.1, -0.05) is 18.2 Å². The lowest BCUT2D eigenvalue weighted by atomic mass is 10.2. The highest BCUT2D eigenvalue weighted by atomic mass is 16.5. The van der Waals surface area contributed by atoms with Crippen molar-refractivity contribution in [2.24, 2.45) is 0 Å². The van der Waals surface area contributed by atoms with E-state index in [-0.39, 0.29) is 6.61 Å². The van der Waals surface area contributed by atoms with Crippen molar-refractivity contribution in [2.45, 2.75) is 31.8 Å². The molecule has 0 atom stereocenters. The van der Waals surface area contributed by atoms with Crippen LogP contribution in [0.1, 0.15) is 25.3 Å². The lowest BCUT2D eigenvalue weighted by molar-refractivity contribution is 0.361. The SMILES string of the molecule is CC1(NCc2ccccc2OCC#N)CC1. The fourth-order valence-corrected chi connectivity index (χ4v) is 1.57. The summed E-state index contributed by atoms with van der Waals surface area (Å²) in [5.74, 6) is 0.806. The van der Waals surface area contributed by atoms with Crippen LogP contribution in [0.25, 0.3) is 0 Å². The van der Waals surface area contributed by atoms with Gasteiger partial charge >= 0.3 is 0 Å². The molecule has 0 aromatic heterocycles. The van der Waals surface area contributed by atoms with Gasteiger partial charge in [-0.2, -0.15) is 5.26 Å². The average Bonchev–Trinajstić information content (AvgIpc) is 3.04. The molecular weight excluding hydrogens is 200 g/mol. The van der Waals surface area contributed by atoms with E-state index in [9.17, 15) is 0 Å². The van der Waals surface area contributed by atoms with Crippen LogP contribution in [0, 0.1) is 11.3 Å². The molecule has 1 fully saturated rings. The van der Waals surface area contributed by atoms with E-state index in [4.69, 9.17) is 10.00 Å². The second-order valence-corrected chi connectivity index (χ2v) is 4.47. The fourth-order valence-electron chi connectivity index (χ4n) is 1.57. The van der Waals surface area contributed by atoms with Gasteiger partial charge in [-0.25, -0.2) is 0 Å². The van der Waals surface area contributed by atoms with E-state index in [1.54, 1.807) is 0 Å². The quantitative estimate of drug-likeness (QED) is 0.821. The average molecular weight is 216 g/mol. The number of nitrogens with zero attached hydrogens (tertiary/aromatic N) is 1.